The smallest absolute Gasteiger partial charge is 0.279 e. The summed E-state index contributed by atoms with van der Waals surface area (Å²) in [4.78, 5) is 12.1. The van der Waals surface area contributed by atoms with Crippen LogP contribution in [0.25, 0.3) is 0 Å². The second-order valence-corrected chi connectivity index (χ2v) is 6.59. The van der Waals surface area contributed by atoms with E-state index < -0.39 is 12.3 Å². The van der Waals surface area contributed by atoms with Gasteiger partial charge in [-0.25, -0.2) is 8.78 Å². The topological polar surface area (TPSA) is 85.5 Å². The third kappa shape index (κ3) is 3.96. The zero-order valence-electron chi connectivity index (χ0n) is 14.4. The fourth-order valence-electron chi connectivity index (χ4n) is 3.29. The maximum absolute atomic E-state index is 12.6. The van der Waals surface area contributed by atoms with E-state index in [1.54, 1.807) is 0 Å². The van der Waals surface area contributed by atoms with Crippen LogP contribution < -0.4 is 19.5 Å². The first-order valence-corrected chi connectivity index (χ1v) is 8.79. The quantitative estimate of drug-likeness (QED) is 0.833. The summed E-state index contributed by atoms with van der Waals surface area (Å²) in [5, 5.41) is 8.66. The number of halogens is 2. The number of ether oxygens (including phenoxy) is 3. The Balaban J connectivity index is 1.26. The fraction of sp³-hybridized carbons (Fsp3) is 0.444. The first-order chi connectivity index (χ1) is 13.1. The molecule has 0 unspecified atom stereocenters. The Hall–Kier alpha value is -2.84. The lowest BCUT2D eigenvalue weighted by atomic mass is 9.93. The maximum atomic E-state index is 12.6. The highest BCUT2D eigenvalue weighted by Gasteiger charge is 2.25. The average Bonchev–Trinajstić information content (AvgIpc) is 3.32. The third-order valence-electron chi connectivity index (χ3n) is 4.72. The van der Waals surface area contributed by atoms with Gasteiger partial charge in [0.2, 0.25) is 6.79 Å². The van der Waals surface area contributed by atoms with Crippen molar-refractivity contribution in [3.05, 3.63) is 35.7 Å². The summed E-state index contributed by atoms with van der Waals surface area (Å²) in [6.45, 7) is 0.221. The zero-order chi connectivity index (χ0) is 18.8. The van der Waals surface area contributed by atoms with Crippen LogP contribution in [0.4, 0.5) is 8.78 Å². The summed E-state index contributed by atoms with van der Waals surface area (Å²) >= 11 is 0. The van der Waals surface area contributed by atoms with Gasteiger partial charge in [0.25, 0.3) is 12.3 Å². The van der Waals surface area contributed by atoms with Crippen LogP contribution in [-0.4, -0.2) is 35.0 Å². The molecule has 144 valence electrons. The molecule has 1 fully saturated rings. The van der Waals surface area contributed by atoms with Gasteiger partial charge in [-0.1, -0.05) is 0 Å². The van der Waals surface area contributed by atoms with Crippen LogP contribution in [0.5, 0.6) is 17.2 Å². The molecule has 1 amide bonds. The first kappa shape index (κ1) is 17.6. The van der Waals surface area contributed by atoms with Crippen molar-refractivity contribution in [3.63, 3.8) is 0 Å². The van der Waals surface area contributed by atoms with E-state index in [0.29, 0.717) is 11.5 Å². The lowest BCUT2D eigenvalue weighted by Crippen LogP contribution is -2.39. The third-order valence-corrected chi connectivity index (χ3v) is 4.72. The van der Waals surface area contributed by atoms with Crippen molar-refractivity contribution < 1.29 is 27.8 Å². The molecule has 9 heteroatoms. The van der Waals surface area contributed by atoms with Crippen LogP contribution in [0.15, 0.2) is 24.3 Å². The molecule has 2 N–H and O–H groups in total. The standard InChI is InChI=1S/C18H19F2N3O4/c19-17(20)13-8-14(23-22-13)18(24)21-10-1-3-11(4-2-10)27-12-5-6-15-16(7-12)26-9-25-15/h5-8,10-11,17H,1-4,9H2,(H,21,24)(H,22,23). The van der Waals surface area contributed by atoms with Gasteiger partial charge in [0.15, 0.2) is 11.5 Å². The van der Waals surface area contributed by atoms with E-state index in [0.717, 1.165) is 37.5 Å². The Morgan fingerprint density at radius 2 is 1.96 bits per heavy atom. The number of hydrogen-bond donors (Lipinski definition) is 2. The van der Waals surface area contributed by atoms with E-state index in [1.165, 1.54) is 0 Å². The number of benzene rings is 1. The lowest BCUT2D eigenvalue weighted by Gasteiger charge is -2.29. The molecule has 0 atom stereocenters. The van der Waals surface area contributed by atoms with Crippen molar-refractivity contribution in [1.82, 2.24) is 15.5 Å². The molecule has 0 spiro atoms. The minimum atomic E-state index is -2.68. The van der Waals surface area contributed by atoms with Crippen molar-refractivity contribution in [3.8, 4) is 17.2 Å². The van der Waals surface area contributed by atoms with Crippen molar-refractivity contribution in [2.24, 2.45) is 0 Å². The Bertz CT molecular complexity index is 819. The number of nitrogens with one attached hydrogen (secondary N) is 2. The summed E-state index contributed by atoms with van der Waals surface area (Å²) in [6, 6.07) is 6.53. The van der Waals surface area contributed by atoms with Crippen LogP contribution in [-0.2, 0) is 0 Å². The molecular formula is C18H19F2N3O4. The molecule has 1 aromatic heterocycles. The summed E-state index contributed by atoms with van der Waals surface area (Å²) in [6.07, 6.45) is 0.419. The highest BCUT2D eigenvalue weighted by molar-refractivity contribution is 5.92. The van der Waals surface area contributed by atoms with E-state index in [4.69, 9.17) is 14.2 Å². The zero-order valence-corrected chi connectivity index (χ0v) is 14.4. The van der Waals surface area contributed by atoms with E-state index in [9.17, 15) is 13.6 Å². The summed E-state index contributed by atoms with van der Waals surface area (Å²) in [7, 11) is 0. The normalized spacial score (nSPS) is 21.3. The van der Waals surface area contributed by atoms with Gasteiger partial charge in [0.05, 0.1) is 6.10 Å². The van der Waals surface area contributed by atoms with Crippen molar-refractivity contribution in [2.45, 2.75) is 44.3 Å². The first-order valence-electron chi connectivity index (χ1n) is 8.79. The second-order valence-electron chi connectivity index (χ2n) is 6.59. The van der Waals surface area contributed by atoms with Crippen molar-refractivity contribution >= 4 is 5.91 Å². The summed E-state index contributed by atoms with van der Waals surface area (Å²) < 4.78 is 41.8. The minimum absolute atomic E-state index is 0.0240. The maximum Gasteiger partial charge on any atom is 0.279 e. The molecule has 1 aliphatic heterocycles. The van der Waals surface area contributed by atoms with Gasteiger partial charge in [0, 0.05) is 12.1 Å². The predicted molar refractivity (Wildman–Crippen MR) is 90.2 cm³/mol. The Morgan fingerprint density at radius 3 is 2.70 bits per heavy atom. The molecular weight excluding hydrogens is 360 g/mol. The summed E-state index contributed by atoms with van der Waals surface area (Å²) in [5.74, 6) is 1.67. The summed E-state index contributed by atoms with van der Waals surface area (Å²) in [5.41, 5.74) is -0.384. The number of fused-ring (bicyclic) bond motifs is 1. The number of nitrogens with zero attached hydrogens (tertiary/aromatic N) is 1. The number of hydrogen-bond acceptors (Lipinski definition) is 5. The van der Waals surface area contributed by atoms with Crippen LogP contribution in [0.3, 0.4) is 0 Å². The molecule has 1 saturated carbocycles. The number of carbonyl (C=O) groups is 1. The Morgan fingerprint density at radius 1 is 1.19 bits per heavy atom. The number of amides is 1. The highest BCUT2D eigenvalue weighted by Crippen LogP contribution is 2.36. The van der Waals surface area contributed by atoms with E-state index in [1.807, 2.05) is 18.2 Å². The lowest BCUT2D eigenvalue weighted by molar-refractivity contribution is 0.0888. The van der Waals surface area contributed by atoms with E-state index in [2.05, 4.69) is 15.5 Å². The SMILES string of the molecule is O=C(NC1CCC(Oc2ccc3c(c2)OCO3)CC1)c1cc(C(F)F)[nH]n1. The van der Waals surface area contributed by atoms with Gasteiger partial charge < -0.3 is 19.5 Å². The number of alkyl halides is 2. The molecule has 1 aromatic carbocycles. The van der Waals surface area contributed by atoms with E-state index >= 15 is 0 Å². The van der Waals surface area contributed by atoms with Gasteiger partial charge in [-0.15, -0.1) is 0 Å². The molecule has 27 heavy (non-hydrogen) atoms. The Labute approximate surface area is 154 Å². The van der Waals surface area contributed by atoms with Crippen molar-refractivity contribution in [1.29, 1.82) is 0 Å². The average molecular weight is 379 g/mol. The van der Waals surface area contributed by atoms with Gasteiger partial charge in [-0.3, -0.25) is 9.89 Å². The molecule has 2 aliphatic rings. The number of aromatic nitrogens is 2. The van der Waals surface area contributed by atoms with Gasteiger partial charge >= 0.3 is 0 Å². The highest BCUT2D eigenvalue weighted by atomic mass is 19.3. The van der Waals surface area contributed by atoms with Crippen molar-refractivity contribution in [2.75, 3.05) is 6.79 Å². The minimum Gasteiger partial charge on any atom is -0.490 e. The van der Waals surface area contributed by atoms with Gasteiger partial charge in [-0.05, 0) is 43.9 Å². The number of aromatic amines is 1. The predicted octanol–water partition coefficient (Wildman–Crippen LogP) is 3.20. The molecule has 2 heterocycles. The molecule has 0 radical (unpaired) electrons. The van der Waals surface area contributed by atoms with Crippen LogP contribution >= 0.6 is 0 Å². The fourth-order valence-corrected chi connectivity index (χ4v) is 3.29. The van der Waals surface area contributed by atoms with E-state index in [-0.39, 0.29) is 30.3 Å². The largest absolute Gasteiger partial charge is 0.490 e. The van der Waals surface area contributed by atoms with Gasteiger partial charge in [-0.2, -0.15) is 5.10 Å². The Kier molecular flexibility index (Phi) is 4.83. The molecule has 2 aromatic rings. The number of rotatable bonds is 5. The number of H-pyrrole nitrogens is 1. The second kappa shape index (κ2) is 7.42. The molecule has 0 bridgehead atoms. The monoisotopic (exact) mass is 379 g/mol. The van der Waals surface area contributed by atoms with Crippen LogP contribution in [0.1, 0.15) is 48.3 Å². The van der Waals surface area contributed by atoms with Crippen LogP contribution in [0.2, 0.25) is 0 Å². The molecule has 0 saturated heterocycles. The van der Waals surface area contributed by atoms with Crippen LogP contribution in [0, 0.1) is 0 Å². The molecule has 4 rings (SSSR count). The molecule has 7 nitrogen and oxygen atoms in total. The number of carbonyl (C=O) groups excluding carboxylic acids is 1. The van der Waals surface area contributed by atoms with Gasteiger partial charge in [0.1, 0.15) is 17.1 Å². The molecule has 1 aliphatic carbocycles.